The second-order valence-corrected chi connectivity index (χ2v) is 5.24. The van der Waals surface area contributed by atoms with E-state index in [1.165, 1.54) is 31.4 Å². The molecule has 8 heteroatoms. The van der Waals surface area contributed by atoms with Crippen molar-refractivity contribution in [2.24, 2.45) is 0 Å². The maximum Gasteiger partial charge on any atom is 0.387 e. The molecule has 142 valence electrons. The van der Waals surface area contributed by atoms with Gasteiger partial charge < -0.3 is 20.1 Å². The topological polar surface area (TPSA) is 76.7 Å². The Morgan fingerprint density at radius 2 is 1.89 bits per heavy atom. The molecule has 0 aromatic heterocycles. The Hall–Kier alpha value is -3.42. The van der Waals surface area contributed by atoms with Crippen molar-refractivity contribution >= 4 is 17.5 Å². The lowest BCUT2D eigenvalue weighted by Crippen LogP contribution is -2.25. The molecule has 0 aliphatic rings. The zero-order chi connectivity index (χ0) is 19.8. The van der Waals surface area contributed by atoms with Gasteiger partial charge in [0.1, 0.15) is 0 Å². The number of para-hydroxylation sites is 1. The van der Waals surface area contributed by atoms with Crippen LogP contribution in [0.5, 0.6) is 11.5 Å². The number of carbonyl (C=O) groups excluding carboxylic acids is 2. The van der Waals surface area contributed by atoms with Gasteiger partial charge in [0.15, 0.2) is 11.5 Å². The quantitative estimate of drug-likeness (QED) is 0.692. The molecule has 0 saturated carbocycles. The fourth-order valence-corrected chi connectivity index (χ4v) is 2.25. The number of benzene rings is 2. The van der Waals surface area contributed by atoms with E-state index in [-0.39, 0.29) is 35.1 Å². The third kappa shape index (κ3) is 5.27. The van der Waals surface area contributed by atoms with Gasteiger partial charge in [-0.15, -0.1) is 6.58 Å². The molecule has 0 atom stereocenters. The molecule has 2 rings (SSSR count). The molecule has 0 saturated heterocycles. The number of halogens is 2. The number of hydrogen-bond donors (Lipinski definition) is 2. The highest BCUT2D eigenvalue weighted by Gasteiger charge is 2.16. The van der Waals surface area contributed by atoms with E-state index in [9.17, 15) is 18.4 Å². The summed E-state index contributed by atoms with van der Waals surface area (Å²) in [6, 6.07) is 10.3. The van der Waals surface area contributed by atoms with Gasteiger partial charge >= 0.3 is 6.61 Å². The lowest BCUT2D eigenvalue weighted by Gasteiger charge is -2.13. The number of anilines is 1. The predicted octanol–water partition coefficient (Wildman–Crippen LogP) is 3.46. The van der Waals surface area contributed by atoms with Crippen LogP contribution in [0.15, 0.2) is 55.1 Å². The van der Waals surface area contributed by atoms with E-state index in [4.69, 9.17) is 4.74 Å². The minimum atomic E-state index is -3.01. The average molecular weight is 376 g/mol. The summed E-state index contributed by atoms with van der Waals surface area (Å²) in [5, 5.41) is 5.26. The molecule has 0 unspecified atom stereocenters. The van der Waals surface area contributed by atoms with Crippen molar-refractivity contribution in [1.82, 2.24) is 5.32 Å². The van der Waals surface area contributed by atoms with Crippen LogP contribution in [0.25, 0.3) is 0 Å². The average Bonchev–Trinajstić information content (AvgIpc) is 2.66. The first-order valence-electron chi connectivity index (χ1n) is 7.88. The monoisotopic (exact) mass is 376 g/mol. The SMILES string of the molecule is C=CCNC(=O)c1ccccc1NC(=O)c1ccc(OC(F)F)c(OC)c1. The number of hydrogen-bond acceptors (Lipinski definition) is 4. The summed E-state index contributed by atoms with van der Waals surface area (Å²) in [6.45, 7) is 0.792. The smallest absolute Gasteiger partial charge is 0.387 e. The van der Waals surface area contributed by atoms with Gasteiger partial charge in [-0.2, -0.15) is 8.78 Å². The molecule has 0 aliphatic carbocycles. The van der Waals surface area contributed by atoms with Gasteiger partial charge in [0.2, 0.25) is 0 Å². The minimum Gasteiger partial charge on any atom is -0.493 e. The van der Waals surface area contributed by atoms with E-state index in [0.717, 1.165) is 0 Å². The molecule has 0 heterocycles. The van der Waals surface area contributed by atoms with Crippen molar-refractivity contribution in [2.75, 3.05) is 19.0 Å². The standard InChI is InChI=1S/C19H18F2N2O4/c1-3-10-22-18(25)13-6-4-5-7-14(13)23-17(24)12-8-9-15(27-19(20)21)16(11-12)26-2/h3-9,11,19H,1,10H2,2H3,(H,22,25)(H,23,24). The number of rotatable bonds is 8. The fourth-order valence-electron chi connectivity index (χ4n) is 2.25. The van der Waals surface area contributed by atoms with Gasteiger partial charge in [0.05, 0.1) is 18.4 Å². The van der Waals surface area contributed by atoms with Crippen LogP contribution in [0, 0.1) is 0 Å². The molecular formula is C19H18F2N2O4. The van der Waals surface area contributed by atoms with Crippen molar-refractivity contribution in [3.63, 3.8) is 0 Å². The van der Waals surface area contributed by atoms with E-state index < -0.39 is 12.5 Å². The Morgan fingerprint density at radius 1 is 1.15 bits per heavy atom. The summed E-state index contributed by atoms with van der Waals surface area (Å²) < 4.78 is 34.1. The van der Waals surface area contributed by atoms with Crippen LogP contribution in [0.3, 0.4) is 0 Å². The predicted molar refractivity (Wildman–Crippen MR) is 96.6 cm³/mol. The van der Waals surface area contributed by atoms with Crippen molar-refractivity contribution in [2.45, 2.75) is 6.61 Å². The summed E-state index contributed by atoms with van der Waals surface area (Å²) in [5.41, 5.74) is 0.725. The van der Waals surface area contributed by atoms with Crippen molar-refractivity contribution in [1.29, 1.82) is 0 Å². The maximum atomic E-state index is 12.5. The summed E-state index contributed by atoms with van der Waals surface area (Å²) in [7, 11) is 1.27. The van der Waals surface area contributed by atoms with E-state index in [1.54, 1.807) is 24.3 Å². The second-order valence-electron chi connectivity index (χ2n) is 5.24. The first kappa shape index (κ1) is 19.9. The van der Waals surface area contributed by atoms with Crippen molar-refractivity contribution in [3.05, 3.63) is 66.2 Å². The molecule has 2 N–H and O–H groups in total. The maximum absolute atomic E-state index is 12.5. The molecule has 0 spiro atoms. The Morgan fingerprint density at radius 3 is 2.56 bits per heavy atom. The molecule has 2 amide bonds. The summed E-state index contributed by atoms with van der Waals surface area (Å²) in [5.74, 6) is -1.11. The highest BCUT2D eigenvalue weighted by atomic mass is 19.3. The third-order valence-electron chi connectivity index (χ3n) is 3.47. The number of alkyl halides is 2. The van der Waals surface area contributed by atoms with E-state index in [0.29, 0.717) is 5.69 Å². The van der Waals surface area contributed by atoms with Crippen LogP contribution in [-0.2, 0) is 0 Å². The van der Waals surface area contributed by atoms with Crippen molar-refractivity contribution in [3.8, 4) is 11.5 Å². The molecule has 0 radical (unpaired) electrons. The zero-order valence-electron chi connectivity index (χ0n) is 14.5. The molecule has 2 aromatic rings. The van der Waals surface area contributed by atoms with Crippen LogP contribution < -0.4 is 20.1 Å². The van der Waals surface area contributed by atoms with E-state index in [1.807, 2.05) is 0 Å². The lowest BCUT2D eigenvalue weighted by molar-refractivity contribution is -0.0512. The van der Waals surface area contributed by atoms with Crippen LogP contribution in [0.4, 0.5) is 14.5 Å². The van der Waals surface area contributed by atoms with Gasteiger partial charge in [-0.25, -0.2) is 0 Å². The molecule has 0 fully saturated rings. The Balaban J connectivity index is 2.23. The van der Waals surface area contributed by atoms with Gasteiger partial charge in [-0.1, -0.05) is 18.2 Å². The van der Waals surface area contributed by atoms with Gasteiger partial charge in [0, 0.05) is 12.1 Å². The number of carbonyl (C=O) groups is 2. The third-order valence-corrected chi connectivity index (χ3v) is 3.47. The Bertz CT molecular complexity index is 840. The first-order chi connectivity index (χ1) is 13.0. The largest absolute Gasteiger partial charge is 0.493 e. The van der Waals surface area contributed by atoms with Crippen LogP contribution in [0.1, 0.15) is 20.7 Å². The normalized spacial score (nSPS) is 10.2. The molecule has 6 nitrogen and oxygen atoms in total. The van der Waals surface area contributed by atoms with Crippen LogP contribution in [-0.4, -0.2) is 32.1 Å². The Labute approximate surface area is 154 Å². The molecule has 27 heavy (non-hydrogen) atoms. The highest BCUT2D eigenvalue weighted by Crippen LogP contribution is 2.30. The minimum absolute atomic E-state index is 0.0139. The molecule has 2 aromatic carbocycles. The number of ether oxygens (including phenoxy) is 2. The highest BCUT2D eigenvalue weighted by molar-refractivity contribution is 6.09. The van der Waals surface area contributed by atoms with Crippen molar-refractivity contribution < 1.29 is 27.8 Å². The van der Waals surface area contributed by atoms with Gasteiger partial charge in [-0.3, -0.25) is 9.59 Å². The number of amides is 2. The van der Waals surface area contributed by atoms with E-state index >= 15 is 0 Å². The second kappa shape index (κ2) is 9.33. The Kier molecular flexibility index (Phi) is 6.87. The van der Waals surface area contributed by atoms with Crippen LogP contribution in [0.2, 0.25) is 0 Å². The van der Waals surface area contributed by atoms with Gasteiger partial charge in [-0.05, 0) is 30.3 Å². The summed E-state index contributed by atoms with van der Waals surface area (Å²) >= 11 is 0. The first-order valence-corrected chi connectivity index (χ1v) is 7.88. The fraction of sp³-hybridized carbons (Fsp3) is 0.158. The summed E-state index contributed by atoms with van der Waals surface area (Å²) in [6.07, 6.45) is 1.54. The number of nitrogens with one attached hydrogen (secondary N) is 2. The van der Waals surface area contributed by atoms with Gasteiger partial charge in [0.25, 0.3) is 11.8 Å². The molecule has 0 bridgehead atoms. The molecule has 0 aliphatic heterocycles. The molecular weight excluding hydrogens is 358 g/mol. The summed E-state index contributed by atoms with van der Waals surface area (Å²) in [4.78, 5) is 24.7. The number of methoxy groups -OCH3 is 1. The zero-order valence-corrected chi connectivity index (χ0v) is 14.5. The van der Waals surface area contributed by atoms with E-state index in [2.05, 4.69) is 21.9 Å². The lowest BCUT2D eigenvalue weighted by atomic mass is 10.1. The van der Waals surface area contributed by atoms with Crippen LogP contribution >= 0.6 is 0 Å².